The molecule has 1 N–H and O–H groups in total. The maximum absolute atomic E-state index is 9.55. The molecule has 35 heavy (non-hydrogen) atoms. The Morgan fingerprint density at radius 1 is 1.20 bits per heavy atom. The SMILES string of the molecule is CC(C)Oc1ccc(-c2nc(-c3cccc4c3CCC4NCCN3CCCCC3)no2)cc1C#N. The van der Waals surface area contributed by atoms with Gasteiger partial charge in [0.2, 0.25) is 5.82 Å². The van der Waals surface area contributed by atoms with E-state index in [0.29, 0.717) is 34.6 Å². The molecule has 182 valence electrons. The lowest BCUT2D eigenvalue weighted by atomic mass is 10.0. The fraction of sp³-hybridized carbons (Fsp3) is 0.464. The number of aromatic nitrogens is 2. The lowest BCUT2D eigenvalue weighted by Gasteiger charge is -2.27. The second-order valence-electron chi connectivity index (χ2n) is 9.73. The normalized spacial score (nSPS) is 17.9. The van der Waals surface area contributed by atoms with Crippen LogP contribution in [0.4, 0.5) is 0 Å². The van der Waals surface area contributed by atoms with Crippen molar-refractivity contribution in [3.05, 3.63) is 53.1 Å². The highest BCUT2D eigenvalue weighted by Gasteiger charge is 2.26. The van der Waals surface area contributed by atoms with Gasteiger partial charge >= 0.3 is 0 Å². The Bertz CT molecular complexity index is 1210. The molecule has 0 radical (unpaired) electrons. The van der Waals surface area contributed by atoms with E-state index in [0.717, 1.165) is 31.5 Å². The minimum Gasteiger partial charge on any atom is -0.490 e. The summed E-state index contributed by atoms with van der Waals surface area (Å²) in [7, 11) is 0. The maximum atomic E-state index is 9.55. The lowest BCUT2D eigenvalue weighted by molar-refractivity contribution is 0.226. The molecule has 2 heterocycles. The quantitative estimate of drug-likeness (QED) is 0.487. The monoisotopic (exact) mass is 471 g/mol. The van der Waals surface area contributed by atoms with E-state index in [1.807, 2.05) is 19.9 Å². The van der Waals surface area contributed by atoms with Gasteiger partial charge in [0.05, 0.1) is 11.7 Å². The first-order valence-corrected chi connectivity index (χ1v) is 12.7. The number of nitrogens with zero attached hydrogens (tertiary/aromatic N) is 4. The molecule has 5 rings (SSSR count). The third-order valence-corrected chi connectivity index (χ3v) is 6.91. The largest absolute Gasteiger partial charge is 0.490 e. The molecule has 0 bridgehead atoms. The standard InChI is InChI=1S/C28H33N5O2/c1-19(2)34-26-12-9-20(17-21(26)18-29)28-31-27(32-35-28)24-8-6-7-23-22(24)10-11-25(23)30-13-16-33-14-4-3-5-15-33/h6-9,12,17,19,25,30H,3-5,10-11,13-16H2,1-2H3. The molecule has 2 aliphatic rings. The van der Waals surface area contributed by atoms with Crippen LogP contribution in [-0.4, -0.2) is 47.3 Å². The van der Waals surface area contributed by atoms with Crippen molar-refractivity contribution in [2.45, 2.75) is 58.1 Å². The van der Waals surface area contributed by atoms with Crippen LogP contribution in [0, 0.1) is 11.3 Å². The zero-order chi connectivity index (χ0) is 24.2. The van der Waals surface area contributed by atoms with Crippen molar-refractivity contribution in [2.24, 2.45) is 0 Å². The molecule has 3 aromatic rings. The van der Waals surface area contributed by atoms with E-state index in [-0.39, 0.29) is 6.10 Å². The van der Waals surface area contributed by atoms with Gasteiger partial charge in [0.15, 0.2) is 0 Å². The van der Waals surface area contributed by atoms with Crippen molar-refractivity contribution in [3.63, 3.8) is 0 Å². The summed E-state index contributed by atoms with van der Waals surface area (Å²) in [4.78, 5) is 7.26. The molecule has 1 saturated heterocycles. The number of fused-ring (bicyclic) bond motifs is 1. The molecular formula is C28H33N5O2. The van der Waals surface area contributed by atoms with E-state index < -0.39 is 0 Å². The van der Waals surface area contributed by atoms with Crippen molar-refractivity contribution >= 4 is 0 Å². The van der Waals surface area contributed by atoms with Gasteiger partial charge in [-0.05, 0) is 81.9 Å². The van der Waals surface area contributed by atoms with Crippen LogP contribution in [0.1, 0.15) is 62.3 Å². The van der Waals surface area contributed by atoms with Gasteiger partial charge < -0.3 is 19.5 Å². The summed E-state index contributed by atoms with van der Waals surface area (Å²) in [6.45, 7) is 8.47. The molecule has 1 atom stereocenters. The molecule has 7 heteroatoms. The Labute approximate surface area is 207 Å². The Balaban J connectivity index is 1.31. The third-order valence-electron chi connectivity index (χ3n) is 6.91. The lowest BCUT2D eigenvalue weighted by Crippen LogP contribution is -2.36. The summed E-state index contributed by atoms with van der Waals surface area (Å²) in [6, 6.07) is 14.3. The van der Waals surface area contributed by atoms with Crippen LogP contribution in [0.15, 0.2) is 40.9 Å². The second-order valence-corrected chi connectivity index (χ2v) is 9.73. The van der Waals surface area contributed by atoms with Gasteiger partial charge in [-0.3, -0.25) is 0 Å². The maximum Gasteiger partial charge on any atom is 0.258 e. The van der Waals surface area contributed by atoms with E-state index in [1.54, 1.807) is 12.1 Å². The topological polar surface area (TPSA) is 87.2 Å². The van der Waals surface area contributed by atoms with Crippen LogP contribution < -0.4 is 10.1 Å². The average Bonchev–Trinajstić information content (AvgIpc) is 3.52. The molecule has 1 aliphatic heterocycles. The highest BCUT2D eigenvalue weighted by atomic mass is 16.5. The molecule has 1 unspecified atom stereocenters. The van der Waals surface area contributed by atoms with Crippen LogP contribution >= 0.6 is 0 Å². The van der Waals surface area contributed by atoms with Gasteiger partial charge in [0.1, 0.15) is 11.8 Å². The second kappa shape index (κ2) is 10.6. The van der Waals surface area contributed by atoms with Crippen LogP contribution in [0.5, 0.6) is 5.75 Å². The van der Waals surface area contributed by atoms with Crippen molar-refractivity contribution in [1.29, 1.82) is 5.26 Å². The Morgan fingerprint density at radius 3 is 2.86 bits per heavy atom. The summed E-state index contributed by atoms with van der Waals surface area (Å²) in [5, 5.41) is 17.6. The highest BCUT2D eigenvalue weighted by Crippen LogP contribution is 2.37. The predicted octanol–water partition coefficient (Wildman–Crippen LogP) is 5.13. The Hall–Kier alpha value is -3.21. The zero-order valence-corrected chi connectivity index (χ0v) is 20.6. The van der Waals surface area contributed by atoms with Crippen molar-refractivity contribution in [3.8, 4) is 34.7 Å². The molecule has 0 spiro atoms. The molecule has 2 aromatic carbocycles. The number of hydrogen-bond donors (Lipinski definition) is 1. The fourth-order valence-corrected chi connectivity index (χ4v) is 5.21. The number of rotatable bonds is 8. The first-order chi connectivity index (χ1) is 17.1. The van der Waals surface area contributed by atoms with Crippen LogP contribution in [0.2, 0.25) is 0 Å². The smallest absolute Gasteiger partial charge is 0.258 e. The fourth-order valence-electron chi connectivity index (χ4n) is 5.21. The van der Waals surface area contributed by atoms with E-state index in [2.05, 4.69) is 44.6 Å². The van der Waals surface area contributed by atoms with E-state index >= 15 is 0 Å². The summed E-state index contributed by atoms with van der Waals surface area (Å²) < 4.78 is 11.3. The minimum absolute atomic E-state index is 0.00813. The minimum atomic E-state index is -0.00813. The van der Waals surface area contributed by atoms with Gasteiger partial charge in [-0.25, -0.2) is 0 Å². The van der Waals surface area contributed by atoms with Gasteiger partial charge in [-0.15, -0.1) is 0 Å². The average molecular weight is 472 g/mol. The van der Waals surface area contributed by atoms with E-state index in [1.165, 1.54) is 43.5 Å². The number of hydrogen-bond acceptors (Lipinski definition) is 7. The van der Waals surface area contributed by atoms with Crippen LogP contribution in [0.25, 0.3) is 22.8 Å². The van der Waals surface area contributed by atoms with Crippen LogP contribution in [0.3, 0.4) is 0 Å². The third kappa shape index (κ3) is 5.24. The van der Waals surface area contributed by atoms with E-state index in [9.17, 15) is 5.26 Å². The van der Waals surface area contributed by atoms with Crippen molar-refractivity contribution < 1.29 is 9.26 Å². The van der Waals surface area contributed by atoms with Crippen molar-refractivity contribution in [1.82, 2.24) is 20.4 Å². The molecule has 1 fully saturated rings. The van der Waals surface area contributed by atoms with Crippen LogP contribution in [-0.2, 0) is 6.42 Å². The number of nitriles is 1. The first-order valence-electron chi connectivity index (χ1n) is 12.7. The predicted molar refractivity (Wildman–Crippen MR) is 135 cm³/mol. The number of benzene rings is 2. The summed E-state index contributed by atoms with van der Waals surface area (Å²) in [5.41, 5.74) is 4.83. The molecular weight excluding hydrogens is 438 g/mol. The van der Waals surface area contributed by atoms with Crippen molar-refractivity contribution in [2.75, 3.05) is 26.2 Å². The zero-order valence-electron chi connectivity index (χ0n) is 20.6. The number of piperidine rings is 1. The van der Waals surface area contributed by atoms with Gasteiger partial charge in [0, 0.05) is 30.3 Å². The molecule has 7 nitrogen and oxygen atoms in total. The summed E-state index contributed by atoms with van der Waals surface area (Å²) >= 11 is 0. The number of likely N-dealkylation sites (tertiary alicyclic amines) is 1. The summed E-state index contributed by atoms with van der Waals surface area (Å²) in [5.74, 6) is 1.55. The first kappa shape index (κ1) is 23.5. The number of ether oxygens (including phenoxy) is 1. The number of nitrogens with one attached hydrogen (secondary N) is 1. The Kier molecular flexibility index (Phi) is 7.12. The molecule has 0 amide bonds. The molecule has 1 aliphatic carbocycles. The summed E-state index contributed by atoms with van der Waals surface area (Å²) in [6.07, 6.45) is 6.10. The van der Waals surface area contributed by atoms with E-state index in [4.69, 9.17) is 9.26 Å². The van der Waals surface area contributed by atoms with Gasteiger partial charge in [0.25, 0.3) is 5.89 Å². The highest BCUT2D eigenvalue weighted by molar-refractivity contribution is 5.67. The van der Waals surface area contributed by atoms with Gasteiger partial charge in [-0.2, -0.15) is 10.2 Å². The molecule has 1 aromatic heterocycles. The Morgan fingerprint density at radius 2 is 2.06 bits per heavy atom. The van der Waals surface area contributed by atoms with Gasteiger partial charge in [-0.1, -0.05) is 29.8 Å². The molecule has 0 saturated carbocycles.